The van der Waals surface area contributed by atoms with Crippen molar-refractivity contribution in [1.82, 2.24) is 9.97 Å². The zero-order valence-electron chi connectivity index (χ0n) is 11.0. The molecule has 1 N–H and O–H groups in total. The molecule has 2 aromatic heterocycles. The number of halogens is 1. The van der Waals surface area contributed by atoms with E-state index in [-0.39, 0.29) is 11.9 Å². The van der Waals surface area contributed by atoms with E-state index < -0.39 is 0 Å². The lowest BCUT2D eigenvalue weighted by molar-refractivity contribution is 0.617. The van der Waals surface area contributed by atoms with Crippen molar-refractivity contribution in [3.63, 3.8) is 0 Å². The molecule has 1 unspecified atom stereocenters. The molecule has 0 saturated heterocycles. The fourth-order valence-corrected chi connectivity index (χ4v) is 2.12. The van der Waals surface area contributed by atoms with Crippen LogP contribution in [0.1, 0.15) is 18.7 Å². The van der Waals surface area contributed by atoms with E-state index in [0.29, 0.717) is 0 Å². The lowest BCUT2D eigenvalue weighted by atomic mass is 10.2. The second kappa shape index (κ2) is 5.25. The standard InChI is InChI=1S/C16H14FN3/c1-11(15-7-6-13(17)9-18-15)20-14-8-12-4-2-3-5-16(12)19-10-14/h2-11,20H,1H3. The molecule has 1 aromatic carbocycles. The first-order valence-corrected chi connectivity index (χ1v) is 6.45. The summed E-state index contributed by atoms with van der Waals surface area (Å²) < 4.78 is 12.9. The monoisotopic (exact) mass is 267 g/mol. The topological polar surface area (TPSA) is 37.8 Å². The summed E-state index contributed by atoms with van der Waals surface area (Å²) in [5.74, 6) is -0.326. The molecule has 3 rings (SSSR count). The number of hydrogen-bond acceptors (Lipinski definition) is 3. The van der Waals surface area contributed by atoms with Crippen LogP contribution in [0.25, 0.3) is 10.9 Å². The maximum absolute atomic E-state index is 12.9. The van der Waals surface area contributed by atoms with Crippen molar-refractivity contribution in [2.24, 2.45) is 0 Å². The number of fused-ring (bicyclic) bond motifs is 1. The Balaban J connectivity index is 1.83. The van der Waals surface area contributed by atoms with Crippen molar-refractivity contribution in [3.8, 4) is 0 Å². The van der Waals surface area contributed by atoms with E-state index >= 15 is 0 Å². The number of hydrogen-bond donors (Lipinski definition) is 1. The predicted octanol–water partition coefficient (Wildman–Crippen LogP) is 3.94. The highest BCUT2D eigenvalue weighted by atomic mass is 19.1. The van der Waals surface area contributed by atoms with Gasteiger partial charge in [-0.1, -0.05) is 18.2 Å². The first kappa shape index (κ1) is 12.5. The quantitative estimate of drug-likeness (QED) is 0.781. The molecular weight excluding hydrogens is 253 g/mol. The molecule has 0 spiro atoms. The third-order valence-corrected chi connectivity index (χ3v) is 3.17. The Hall–Kier alpha value is -2.49. The van der Waals surface area contributed by atoms with Gasteiger partial charge in [0.05, 0.1) is 35.3 Å². The van der Waals surface area contributed by atoms with Crippen molar-refractivity contribution in [1.29, 1.82) is 0 Å². The van der Waals surface area contributed by atoms with Crippen LogP contribution in [-0.4, -0.2) is 9.97 Å². The highest BCUT2D eigenvalue weighted by molar-refractivity contribution is 5.81. The molecule has 3 aromatic rings. The third kappa shape index (κ3) is 2.59. The Morgan fingerprint density at radius 2 is 1.90 bits per heavy atom. The summed E-state index contributed by atoms with van der Waals surface area (Å²) in [6.45, 7) is 1.98. The Morgan fingerprint density at radius 1 is 1.05 bits per heavy atom. The molecule has 1 atom stereocenters. The minimum atomic E-state index is -0.326. The van der Waals surface area contributed by atoms with Crippen LogP contribution >= 0.6 is 0 Å². The number of benzene rings is 1. The van der Waals surface area contributed by atoms with Crippen LogP contribution in [0, 0.1) is 5.82 Å². The van der Waals surface area contributed by atoms with Gasteiger partial charge < -0.3 is 5.32 Å². The zero-order valence-corrected chi connectivity index (χ0v) is 11.0. The van der Waals surface area contributed by atoms with Gasteiger partial charge in [0.2, 0.25) is 0 Å². The van der Waals surface area contributed by atoms with E-state index in [2.05, 4.69) is 15.3 Å². The first-order chi connectivity index (χ1) is 9.72. The number of nitrogens with one attached hydrogen (secondary N) is 1. The van der Waals surface area contributed by atoms with Crippen molar-refractivity contribution >= 4 is 16.6 Å². The lowest BCUT2D eigenvalue weighted by Gasteiger charge is -2.14. The van der Waals surface area contributed by atoms with Gasteiger partial charge in [-0.3, -0.25) is 9.97 Å². The molecule has 0 aliphatic rings. The van der Waals surface area contributed by atoms with E-state index in [1.54, 1.807) is 12.3 Å². The number of rotatable bonds is 3. The van der Waals surface area contributed by atoms with Crippen LogP contribution in [0.3, 0.4) is 0 Å². The fourth-order valence-electron chi connectivity index (χ4n) is 2.12. The molecule has 3 nitrogen and oxygen atoms in total. The van der Waals surface area contributed by atoms with Gasteiger partial charge in [-0.05, 0) is 31.2 Å². The number of aromatic nitrogens is 2. The highest BCUT2D eigenvalue weighted by Crippen LogP contribution is 2.20. The second-order valence-corrected chi connectivity index (χ2v) is 4.68. The average Bonchev–Trinajstić information content (AvgIpc) is 2.48. The molecule has 4 heteroatoms. The van der Waals surface area contributed by atoms with Crippen LogP contribution in [-0.2, 0) is 0 Å². The largest absolute Gasteiger partial charge is 0.376 e. The summed E-state index contributed by atoms with van der Waals surface area (Å²) in [4.78, 5) is 8.48. The van der Waals surface area contributed by atoms with E-state index in [4.69, 9.17) is 0 Å². The fraction of sp³-hybridized carbons (Fsp3) is 0.125. The van der Waals surface area contributed by atoms with Gasteiger partial charge in [-0.25, -0.2) is 4.39 Å². The van der Waals surface area contributed by atoms with Gasteiger partial charge in [0.15, 0.2) is 0 Å². The molecule has 0 aliphatic carbocycles. The average molecular weight is 267 g/mol. The van der Waals surface area contributed by atoms with E-state index in [1.807, 2.05) is 37.3 Å². The minimum absolute atomic E-state index is 0.0152. The maximum Gasteiger partial charge on any atom is 0.141 e. The molecule has 20 heavy (non-hydrogen) atoms. The summed E-state index contributed by atoms with van der Waals surface area (Å²) in [6.07, 6.45) is 3.02. The molecule has 0 aliphatic heterocycles. The SMILES string of the molecule is CC(Nc1cnc2ccccc2c1)c1ccc(F)cn1. The third-order valence-electron chi connectivity index (χ3n) is 3.17. The normalized spacial score (nSPS) is 12.3. The maximum atomic E-state index is 12.9. The number of anilines is 1. The molecule has 0 amide bonds. The van der Waals surface area contributed by atoms with Crippen molar-refractivity contribution in [2.75, 3.05) is 5.32 Å². The van der Waals surface area contributed by atoms with Crippen molar-refractivity contribution in [2.45, 2.75) is 13.0 Å². The molecule has 2 heterocycles. The summed E-state index contributed by atoms with van der Waals surface area (Å²) in [5.41, 5.74) is 2.67. The van der Waals surface area contributed by atoms with E-state index in [1.165, 1.54) is 12.3 Å². The molecule has 0 fully saturated rings. The Morgan fingerprint density at radius 3 is 2.70 bits per heavy atom. The van der Waals surface area contributed by atoms with Crippen molar-refractivity contribution in [3.05, 3.63) is 66.4 Å². The smallest absolute Gasteiger partial charge is 0.141 e. The Labute approximate surface area is 116 Å². The van der Waals surface area contributed by atoms with Crippen LogP contribution < -0.4 is 5.32 Å². The number of para-hydroxylation sites is 1. The highest BCUT2D eigenvalue weighted by Gasteiger charge is 2.07. The molecule has 100 valence electrons. The van der Waals surface area contributed by atoms with Gasteiger partial charge in [-0.15, -0.1) is 0 Å². The minimum Gasteiger partial charge on any atom is -0.376 e. The summed E-state index contributed by atoms with van der Waals surface area (Å²) in [6, 6.07) is 13.1. The van der Waals surface area contributed by atoms with Gasteiger partial charge >= 0.3 is 0 Å². The van der Waals surface area contributed by atoms with E-state index in [9.17, 15) is 4.39 Å². The Bertz CT molecular complexity index is 725. The molecule has 0 radical (unpaired) electrons. The molecule has 0 bridgehead atoms. The summed E-state index contributed by atoms with van der Waals surface area (Å²) >= 11 is 0. The van der Waals surface area contributed by atoms with Crippen LogP contribution in [0.5, 0.6) is 0 Å². The van der Waals surface area contributed by atoms with Crippen molar-refractivity contribution < 1.29 is 4.39 Å². The summed E-state index contributed by atoms with van der Waals surface area (Å²) in [5, 5.41) is 4.40. The van der Waals surface area contributed by atoms with Crippen LogP contribution in [0.2, 0.25) is 0 Å². The zero-order chi connectivity index (χ0) is 13.9. The summed E-state index contributed by atoms with van der Waals surface area (Å²) in [7, 11) is 0. The van der Waals surface area contributed by atoms with Gasteiger partial charge in [0, 0.05) is 5.39 Å². The number of pyridine rings is 2. The molecule has 0 saturated carbocycles. The number of nitrogens with zero attached hydrogens (tertiary/aromatic N) is 2. The predicted molar refractivity (Wildman–Crippen MR) is 78.0 cm³/mol. The second-order valence-electron chi connectivity index (χ2n) is 4.68. The van der Waals surface area contributed by atoms with Crippen LogP contribution in [0.15, 0.2) is 54.9 Å². The lowest BCUT2D eigenvalue weighted by Crippen LogP contribution is -2.08. The van der Waals surface area contributed by atoms with E-state index in [0.717, 1.165) is 22.3 Å². The van der Waals surface area contributed by atoms with Gasteiger partial charge in [0.1, 0.15) is 5.82 Å². The van der Waals surface area contributed by atoms with Gasteiger partial charge in [0.25, 0.3) is 0 Å². The Kier molecular flexibility index (Phi) is 3.29. The first-order valence-electron chi connectivity index (χ1n) is 6.45. The van der Waals surface area contributed by atoms with Gasteiger partial charge in [-0.2, -0.15) is 0 Å². The van der Waals surface area contributed by atoms with Crippen LogP contribution in [0.4, 0.5) is 10.1 Å². The molecular formula is C16H14FN3.